The van der Waals surface area contributed by atoms with Gasteiger partial charge in [0.05, 0.1) is 11.7 Å². The molecule has 0 fully saturated rings. The molecule has 0 unspecified atom stereocenters. The Labute approximate surface area is 157 Å². The monoisotopic (exact) mass is 370 g/mol. The Morgan fingerprint density at radius 1 is 0.963 bits per heavy atom. The lowest BCUT2D eigenvalue weighted by Gasteiger charge is -2.10. The van der Waals surface area contributed by atoms with Gasteiger partial charge in [0.15, 0.2) is 6.61 Å². The summed E-state index contributed by atoms with van der Waals surface area (Å²) in [6.45, 7) is 3.53. The van der Waals surface area contributed by atoms with Crippen LogP contribution in [-0.4, -0.2) is 30.6 Å². The standard InChI is InChI=1S/C20H22N2O5/c1-14(2)27-17-10-8-16(9-11-17)19(24)26-13-18(23)22-20(25)21-12-15-6-4-3-5-7-15/h3-11,14H,12-13H2,1-2H3,(H2,21,22,23,25). The Morgan fingerprint density at radius 2 is 1.63 bits per heavy atom. The molecule has 0 bridgehead atoms. The Bertz CT molecular complexity index is 773. The maximum absolute atomic E-state index is 11.9. The summed E-state index contributed by atoms with van der Waals surface area (Å²) >= 11 is 0. The van der Waals surface area contributed by atoms with E-state index in [1.807, 2.05) is 44.2 Å². The third-order valence-corrected chi connectivity index (χ3v) is 3.35. The number of benzene rings is 2. The summed E-state index contributed by atoms with van der Waals surface area (Å²) in [7, 11) is 0. The first-order valence-electron chi connectivity index (χ1n) is 8.49. The molecule has 0 aliphatic rings. The number of esters is 1. The minimum absolute atomic E-state index is 0.0273. The molecule has 0 aliphatic carbocycles. The Hall–Kier alpha value is -3.35. The molecule has 0 heterocycles. The van der Waals surface area contributed by atoms with Crippen molar-refractivity contribution in [3.8, 4) is 5.75 Å². The number of hydrogen-bond donors (Lipinski definition) is 2. The predicted octanol–water partition coefficient (Wildman–Crippen LogP) is 2.66. The van der Waals surface area contributed by atoms with E-state index in [-0.39, 0.29) is 18.2 Å². The van der Waals surface area contributed by atoms with Crippen LogP contribution < -0.4 is 15.4 Å². The third kappa shape index (κ3) is 7.19. The van der Waals surface area contributed by atoms with Gasteiger partial charge < -0.3 is 14.8 Å². The maximum atomic E-state index is 11.9. The third-order valence-electron chi connectivity index (χ3n) is 3.35. The molecule has 0 radical (unpaired) electrons. The van der Waals surface area contributed by atoms with Gasteiger partial charge in [-0.1, -0.05) is 30.3 Å². The second kappa shape index (κ2) is 9.96. The van der Waals surface area contributed by atoms with Gasteiger partial charge in [-0.15, -0.1) is 0 Å². The molecular weight excluding hydrogens is 348 g/mol. The Morgan fingerprint density at radius 3 is 2.26 bits per heavy atom. The Balaban J connectivity index is 1.72. The number of hydrogen-bond acceptors (Lipinski definition) is 5. The lowest BCUT2D eigenvalue weighted by atomic mass is 10.2. The van der Waals surface area contributed by atoms with Crippen molar-refractivity contribution in [1.82, 2.24) is 10.6 Å². The summed E-state index contributed by atoms with van der Waals surface area (Å²) in [5.41, 5.74) is 1.18. The largest absolute Gasteiger partial charge is 0.491 e. The molecule has 0 spiro atoms. The average Bonchev–Trinajstić information content (AvgIpc) is 2.65. The van der Waals surface area contributed by atoms with Crippen molar-refractivity contribution in [2.45, 2.75) is 26.5 Å². The van der Waals surface area contributed by atoms with Crippen molar-refractivity contribution in [2.75, 3.05) is 6.61 Å². The molecule has 0 aromatic heterocycles. The number of urea groups is 1. The number of rotatable bonds is 7. The van der Waals surface area contributed by atoms with Crippen LogP contribution in [0.25, 0.3) is 0 Å². The number of amides is 3. The summed E-state index contributed by atoms with van der Waals surface area (Å²) in [5.74, 6) is -0.742. The minimum atomic E-state index is -0.714. The van der Waals surface area contributed by atoms with E-state index in [4.69, 9.17) is 9.47 Å². The van der Waals surface area contributed by atoms with E-state index in [0.29, 0.717) is 5.75 Å². The van der Waals surface area contributed by atoms with Gasteiger partial charge in [0.2, 0.25) is 0 Å². The lowest BCUT2D eigenvalue weighted by Crippen LogP contribution is -2.41. The molecule has 2 rings (SSSR count). The van der Waals surface area contributed by atoms with Gasteiger partial charge in [-0.05, 0) is 43.7 Å². The molecule has 0 atom stereocenters. The number of imide groups is 1. The fraction of sp³-hybridized carbons (Fsp3) is 0.250. The zero-order valence-corrected chi connectivity index (χ0v) is 15.2. The topological polar surface area (TPSA) is 93.7 Å². The minimum Gasteiger partial charge on any atom is -0.491 e. The van der Waals surface area contributed by atoms with E-state index in [1.165, 1.54) is 0 Å². The molecule has 3 amide bonds. The van der Waals surface area contributed by atoms with E-state index in [0.717, 1.165) is 5.56 Å². The quantitative estimate of drug-likeness (QED) is 0.731. The molecular formula is C20H22N2O5. The van der Waals surface area contributed by atoms with Crippen molar-refractivity contribution in [3.63, 3.8) is 0 Å². The smallest absolute Gasteiger partial charge is 0.338 e. The fourth-order valence-electron chi connectivity index (χ4n) is 2.14. The van der Waals surface area contributed by atoms with Crippen molar-refractivity contribution < 1.29 is 23.9 Å². The molecule has 142 valence electrons. The molecule has 0 saturated carbocycles. The van der Waals surface area contributed by atoms with E-state index in [9.17, 15) is 14.4 Å². The highest BCUT2D eigenvalue weighted by Gasteiger charge is 2.12. The molecule has 7 nitrogen and oxygen atoms in total. The van der Waals surface area contributed by atoms with Crippen LogP contribution >= 0.6 is 0 Å². The molecule has 0 saturated heterocycles. The average molecular weight is 370 g/mol. The van der Waals surface area contributed by atoms with Crippen molar-refractivity contribution in [2.24, 2.45) is 0 Å². The van der Waals surface area contributed by atoms with Crippen molar-refractivity contribution in [3.05, 3.63) is 65.7 Å². The number of nitrogens with one attached hydrogen (secondary N) is 2. The fourth-order valence-corrected chi connectivity index (χ4v) is 2.14. The zero-order valence-electron chi connectivity index (χ0n) is 15.2. The molecule has 2 N–H and O–H groups in total. The summed E-state index contributed by atoms with van der Waals surface area (Å²) in [5, 5.41) is 4.65. The van der Waals surface area contributed by atoms with Gasteiger partial charge in [0.25, 0.3) is 5.91 Å². The van der Waals surface area contributed by atoms with Crippen LogP contribution in [0.1, 0.15) is 29.8 Å². The second-order valence-corrected chi connectivity index (χ2v) is 5.98. The molecule has 2 aromatic carbocycles. The van der Waals surface area contributed by atoms with Crippen LogP contribution in [-0.2, 0) is 16.1 Å². The molecule has 2 aromatic rings. The molecule has 0 aliphatic heterocycles. The number of ether oxygens (including phenoxy) is 2. The summed E-state index contributed by atoms with van der Waals surface area (Å²) < 4.78 is 10.4. The van der Waals surface area contributed by atoms with Gasteiger partial charge in [-0.25, -0.2) is 9.59 Å². The van der Waals surface area contributed by atoms with Crippen molar-refractivity contribution in [1.29, 1.82) is 0 Å². The van der Waals surface area contributed by atoms with Gasteiger partial charge >= 0.3 is 12.0 Å². The highest BCUT2D eigenvalue weighted by molar-refractivity contribution is 5.97. The van der Waals surface area contributed by atoms with Crippen LogP contribution in [0.3, 0.4) is 0 Å². The first kappa shape index (κ1) is 20.0. The van der Waals surface area contributed by atoms with Crippen LogP contribution in [0.5, 0.6) is 5.75 Å². The second-order valence-electron chi connectivity index (χ2n) is 5.98. The predicted molar refractivity (Wildman–Crippen MR) is 99.3 cm³/mol. The summed E-state index contributed by atoms with van der Waals surface area (Å²) in [4.78, 5) is 35.3. The Kier molecular flexibility index (Phi) is 7.37. The van der Waals surface area contributed by atoms with Gasteiger partial charge in [-0.2, -0.15) is 0 Å². The first-order chi connectivity index (χ1) is 12.9. The zero-order chi connectivity index (χ0) is 19.6. The lowest BCUT2D eigenvalue weighted by molar-refractivity contribution is -0.123. The highest BCUT2D eigenvalue weighted by atomic mass is 16.5. The van der Waals surface area contributed by atoms with E-state index in [1.54, 1.807) is 24.3 Å². The van der Waals surface area contributed by atoms with Crippen LogP contribution in [0, 0.1) is 0 Å². The summed E-state index contributed by atoms with van der Waals surface area (Å²) in [6, 6.07) is 15.0. The van der Waals surface area contributed by atoms with Crippen LogP contribution in [0.15, 0.2) is 54.6 Å². The summed E-state index contributed by atoms with van der Waals surface area (Å²) in [6.07, 6.45) is 0.0273. The number of carbonyl (C=O) groups is 3. The van der Waals surface area contributed by atoms with Gasteiger partial charge in [-0.3, -0.25) is 10.1 Å². The van der Waals surface area contributed by atoms with Crippen LogP contribution in [0.2, 0.25) is 0 Å². The van der Waals surface area contributed by atoms with E-state index < -0.39 is 24.5 Å². The number of carbonyl (C=O) groups excluding carboxylic acids is 3. The van der Waals surface area contributed by atoms with Gasteiger partial charge in [0, 0.05) is 6.54 Å². The molecule has 7 heteroatoms. The SMILES string of the molecule is CC(C)Oc1ccc(C(=O)OCC(=O)NC(=O)NCc2ccccc2)cc1. The maximum Gasteiger partial charge on any atom is 0.338 e. The molecule has 27 heavy (non-hydrogen) atoms. The van der Waals surface area contributed by atoms with Gasteiger partial charge in [0.1, 0.15) is 5.75 Å². The van der Waals surface area contributed by atoms with Crippen LogP contribution in [0.4, 0.5) is 4.79 Å². The normalized spacial score (nSPS) is 10.2. The first-order valence-corrected chi connectivity index (χ1v) is 8.49. The van der Waals surface area contributed by atoms with E-state index >= 15 is 0 Å². The van der Waals surface area contributed by atoms with Crippen molar-refractivity contribution >= 4 is 17.9 Å². The van der Waals surface area contributed by atoms with E-state index in [2.05, 4.69) is 10.6 Å². The highest BCUT2D eigenvalue weighted by Crippen LogP contribution is 2.14.